The standard InChI is InChI=1S/C19H25N5/c20-19(21-11-10-16-6-2-1-3-7-16)23-15-17-8-9-18(22-14-17)24-12-4-5-13-24/h1-3,6-9,14H,4-5,10-13,15H2,(H3,20,21,23). The zero-order chi connectivity index (χ0) is 16.6. The van der Waals surface area contributed by atoms with Crippen LogP contribution in [0.25, 0.3) is 0 Å². The molecule has 3 N–H and O–H groups in total. The normalized spacial score (nSPS) is 14.8. The quantitative estimate of drug-likeness (QED) is 0.632. The van der Waals surface area contributed by atoms with Crippen LogP contribution in [-0.2, 0) is 13.0 Å². The van der Waals surface area contributed by atoms with Crippen LogP contribution >= 0.6 is 0 Å². The molecular formula is C19H25N5. The first-order valence-corrected chi connectivity index (χ1v) is 8.59. The smallest absolute Gasteiger partial charge is 0.188 e. The lowest BCUT2D eigenvalue weighted by atomic mass is 10.1. The van der Waals surface area contributed by atoms with Crippen molar-refractivity contribution in [3.05, 3.63) is 59.8 Å². The molecular weight excluding hydrogens is 298 g/mol. The van der Waals surface area contributed by atoms with Gasteiger partial charge < -0.3 is 16.0 Å². The molecule has 0 atom stereocenters. The first-order chi connectivity index (χ1) is 11.8. The molecule has 1 saturated heterocycles. The van der Waals surface area contributed by atoms with Crippen LogP contribution in [0.15, 0.2) is 53.7 Å². The van der Waals surface area contributed by atoms with Crippen molar-refractivity contribution in [1.29, 1.82) is 0 Å². The van der Waals surface area contributed by atoms with E-state index in [0.29, 0.717) is 12.5 Å². The fourth-order valence-electron chi connectivity index (χ4n) is 2.86. The van der Waals surface area contributed by atoms with Crippen LogP contribution in [0, 0.1) is 0 Å². The Morgan fingerprint density at radius 1 is 1.08 bits per heavy atom. The molecule has 0 amide bonds. The molecule has 0 saturated carbocycles. The van der Waals surface area contributed by atoms with Crippen molar-refractivity contribution >= 4 is 11.8 Å². The maximum atomic E-state index is 5.93. The second-order valence-electron chi connectivity index (χ2n) is 6.08. The molecule has 0 aliphatic carbocycles. The maximum Gasteiger partial charge on any atom is 0.188 e. The van der Waals surface area contributed by atoms with Crippen LogP contribution in [0.1, 0.15) is 24.0 Å². The lowest BCUT2D eigenvalue weighted by molar-refractivity contribution is 0.847. The van der Waals surface area contributed by atoms with E-state index in [2.05, 4.69) is 44.5 Å². The number of nitrogens with two attached hydrogens (primary N) is 1. The highest BCUT2D eigenvalue weighted by atomic mass is 15.2. The van der Waals surface area contributed by atoms with Gasteiger partial charge in [-0.1, -0.05) is 36.4 Å². The lowest BCUT2D eigenvalue weighted by Gasteiger charge is -2.16. The lowest BCUT2D eigenvalue weighted by Crippen LogP contribution is -2.33. The summed E-state index contributed by atoms with van der Waals surface area (Å²) >= 11 is 0. The average Bonchev–Trinajstić information content (AvgIpc) is 3.16. The number of nitrogens with one attached hydrogen (secondary N) is 1. The number of anilines is 1. The van der Waals surface area contributed by atoms with Gasteiger partial charge in [-0.05, 0) is 36.5 Å². The third-order valence-corrected chi connectivity index (χ3v) is 4.23. The molecule has 5 heteroatoms. The first-order valence-electron chi connectivity index (χ1n) is 8.59. The third kappa shape index (κ3) is 4.72. The van der Waals surface area contributed by atoms with E-state index >= 15 is 0 Å². The highest BCUT2D eigenvalue weighted by Gasteiger charge is 2.12. The van der Waals surface area contributed by atoms with Crippen LogP contribution in [0.5, 0.6) is 0 Å². The molecule has 5 nitrogen and oxygen atoms in total. The summed E-state index contributed by atoms with van der Waals surface area (Å²) in [6, 6.07) is 14.5. The SMILES string of the molecule is NC(=NCc1ccc(N2CCCC2)nc1)NCCc1ccccc1. The van der Waals surface area contributed by atoms with Gasteiger partial charge in [0, 0.05) is 25.8 Å². The van der Waals surface area contributed by atoms with E-state index in [1.54, 1.807) is 0 Å². The van der Waals surface area contributed by atoms with Crippen molar-refractivity contribution in [2.24, 2.45) is 10.7 Å². The first kappa shape index (κ1) is 16.3. The van der Waals surface area contributed by atoms with E-state index in [9.17, 15) is 0 Å². The molecule has 126 valence electrons. The topological polar surface area (TPSA) is 66.5 Å². The van der Waals surface area contributed by atoms with Crippen molar-refractivity contribution < 1.29 is 0 Å². The molecule has 3 rings (SSSR count). The molecule has 0 bridgehead atoms. The molecule has 2 aromatic rings. The van der Waals surface area contributed by atoms with Crippen molar-refractivity contribution in [1.82, 2.24) is 10.3 Å². The van der Waals surface area contributed by atoms with Gasteiger partial charge in [-0.2, -0.15) is 0 Å². The Morgan fingerprint density at radius 3 is 2.58 bits per heavy atom. The van der Waals surface area contributed by atoms with Crippen molar-refractivity contribution in [3.8, 4) is 0 Å². The van der Waals surface area contributed by atoms with Gasteiger partial charge >= 0.3 is 0 Å². The Kier molecular flexibility index (Phi) is 5.66. The van der Waals surface area contributed by atoms with E-state index in [0.717, 1.165) is 37.4 Å². The van der Waals surface area contributed by atoms with Crippen LogP contribution in [0.4, 0.5) is 5.82 Å². The highest BCUT2D eigenvalue weighted by molar-refractivity contribution is 5.77. The number of nitrogens with zero attached hydrogens (tertiary/aromatic N) is 3. The number of pyridine rings is 1. The Labute approximate surface area is 143 Å². The maximum absolute atomic E-state index is 5.93. The van der Waals surface area contributed by atoms with E-state index in [4.69, 9.17) is 5.73 Å². The zero-order valence-electron chi connectivity index (χ0n) is 14.0. The number of aromatic nitrogens is 1. The Bertz CT molecular complexity index is 645. The van der Waals surface area contributed by atoms with Gasteiger partial charge in [0.15, 0.2) is 5.96 Å². The van der Waals surface area contributed by atoms with Crippen LogP contribution in [0.3, 0.4) is 0 Å². The fraction of sp³-hybridized carbons (Fsp3) is 0.368. The predicted molar refractivity (Wildman–Crippen MR) is 99.2 cm³/mol. The van der Waals surface area contributed by atoms with E-state index in [1.807, 2.05) is 24.4 Å². The molecule has 1 aromatic carbocycles. The summed E-state index contributed by atoms with van der Waals surface area (Å²) in [6.45, 7) is 3.56. The second-order valence-corrected chi connectivity index (χ2v) is 6.08. The largest absolute Gasteiger partial charge is 0.370 e. The highest BCUT2D eigenvalue weighted by Crippen LogP contribution is 2.17. The molecule has 1 aromatic heterocycles. The van der Waals surface area contributed by atoms with Gasteiger partial charge in [0.25, 0.3) is 0 Å². The molecule has 24 heavy (non-hydrogen) atoms. The van der Waals surface area contributed by atoms with Gasteiger partial charge in [0.2, 0.25) is 0 Å². The zero-order valence-corrected chi connectivity index (χ0v) is 14.0. The van der Waals surface area contributed by atoms with Gasteiger partial charge in [-0.3, -0.25) is 0 Å². The summed E-state index contributed by atoms with van der Waals surface area (Å²) < 4.78 is 0. The van der Waals surface area contributed by atoms with Crippen LogP contribution in [-0.4, -0.2) is 30.6 Å². The van der Waals surface area contributed by atoms with Gasteiger partial charge in [-0.25, -0.2) is 9.98 Å². The fourth-order valence-corrected chi connectivity index (χ4v) is 2.86. The summed E-state index contributed by atoms with van der Waals surface area (Å²) in [5.74, 6) is 1.55. The number of hydrogen-bond donors (Lipinski definition) is 2. The minimum Gasteiger partial charge on any atom is -0.370 e. The molecule has 1 aliphatic heterocycles. The summed E-state index contributed by atoms with van der Waals surface area (Å²) in [5.41, 5.74) is 8.29. The third-order valence-electron chi connectivity index (χ3n) is 4.23. The van der Waals surface area contributed by atoms with E-state index in [1.165, 1.54) is 18.4 Å². The Morgan fingerprint density at radius 2 is 1.88 bits per heavy atom. The summed E-state index contributed by atoms with van der Waals surface area (Å²) in [5, 5.41) is 3.16. The number of hydrogen-bond acceptors (Lipinski definition) is 3. The number of benzene rings is 1. The Balaban J connectivity index is 1.44. The molecule has 0 radical (unpaired) electrons. The van der Waals surface area contributed by atoms with Gasteiger partial charge in [-0.15, -0.1) is 0 Å². The molecule has 0 spiro atoms. The molecule has 2 heterocycles. The summed E-state index contributed by atoms with van der Waals surface area (Å²) in [6.07, 6.45) is 5.36. The van der Waals surface area contributed by atoms with E-state index < -0.39 is 0 Å². The number of aliphatic imine (C=N–C) groups is 1. The Hall–Kier alpha value is -2.56. The number of rotatable bonds is 6. The average molecular weight is 323 g/mol. The van der Waals surface area contributed by atoms with Crippen molar-refractivity contribution in [2.75, 3.05) is 24.5 Å². The van der Waals surface area contributed by atoms with E-state index in [-0.39, 0.29) is 0 Å². The second kappa shape index (κ2) is 8.34. The van der Waals surface area contributed by atoms with Crippen LogP contribution in [0.2, 0.25) is 0 Å². The van der Waals surface area contributed by atoms with Crippen LogP contribution < -0.4 is 16.0 Å². The molecule has 1 fully saturated rings. The summed E-state index contributed by atoms with van der Waals surface area (Å²) in [4.78, 5) is 11.2. The minimum atomic E-state index is 0.481. The molecule has 1 aliphatic rings. The molecule has 0 unspecified atom stereocenters. The monoisotopic (exact) mass is 323 g/mol. The summed E-state index contributed by atoms with van der Waals surface area (Å²) in [7, 11) is 0. The van der Waals surface area contributed by atoms with Crippen molar-refractivity contribution in [3.63, 3.8) is 0 Å². The number of guanidine groups is 1. The predicted octanol–water partition coefficient (Wildman–Crippen LogP) is 2.33. The van der Waals surface area contributed by atoms with Crippen molar-refractivity contribution in [2.45, 2.75) is 25.8 Å². The van der Waals surface area contributed by atoms with Gasteiger partial charge in [0.05, 0.1) is 6.54 Å². The van der Waals surface area contributed by atoms with Gasteiger partial charge in [0.1, 0.15) is 5.82 Å². The minimum absolute atomic E-state index is 0.481.